The van der Waals surface area contributed by atoms with Crippen LogP contribution in [0, 0.1) is 0 Å². The summed E-state index contributed by atoms with van der Waals surface area (Å²) in [5, 5.41) is 0.686. The first-order valence-corrected chi connectivity index (χ1v) is 10.6. The third-order valence-electron chi connectivity index (χ3n) is 3.43. The zero-order chi connectivity index (χ0) is 17.1. The van der Waals surface area contributed by atoms with E-state index in [0.29, 0.717) is 15.4 Å². The van der Waals surface area contributed by atoms with Gasteiger partial charge in [0.1, 0.15) is 0 Å². The Morgan fingerprint density at radius 3 is 2.92 bits per heavy atom. The van der Waals surface area contributed by atoms with E-state index in [9.17, 15) is 4.79 Å². The fraction of sp³-hybridized carbons (Fsp3) is 0.176. The van der Waals surface area contributed by atoms with Crippen molar-refractivity contribution in [2.45, 2.75) is 6.54 Å². The molecule has 0 bridgehead atoms. The van der Waals surface area contributed by atoms with Gasteiger partial charge in [0.2, 0.25) is 0 Å². The summed E-state index contributed by atoms with van der Waals surface area (Å²) in [4.78, 5) is 17.6. The number of rotatable bonds is 4. The number of benzene rings is 2. The first-order valence-electron chi connectivity index (χ1n) is 7.21. The van der Waals surface area contributed by atoms with Gasteiger partial charge in [-0.15, -0.1) is 0 Å². The Morgan fingerprint density at radius 1 is 1.33 bits per heavy atom. The standard InChI is InChI=1S/C17H14BrClN2OS2/c1-23-8-7-21-14-6-5-13(19)10-15(14)24-17(21)20-16(22)11-3-2-4-12(18)9-11/h2-6,9-10H,7-8H2,1H3. The summed E-state index contributed by atoms with van der Waals surface area (Å²) in [6.45, 7) is 0.799. The van der Waals surface area contributed by atoms with Gasteiger partial charge in [-0.05, 0) is 42.7 Å². The quantitative estimate of drug-likeness (QED) is 0.556. The molecule has 0 aliphatic heterocycles. The normalized spacial score (nSPS) is 12.0. The van der Waals surface area contributed by atoms with E-state index in [1.165, 1.54) is 11.3 Å². The number of hydrogen-bond acceptors (Lipinski definition) is 3. The second-order valence-electron chi connectivity index (χ2n) is 5.07. The molecule has 24 heavy (non-hydrogen) atoms. The molecule has 0 saturated heterocycles. The molecule has 0 saturated carbocycles. The van der Waals surface area contributed by atoms with Crippen molar-refractivity contribution in [1.29, 1.82) is 0 Å². The Kier molecular flexibility index (Phi) is 5.81. The number of carbonyl (C=O) groups is 1. The van der Waals surface area contributed by atoms with Crippen molar-refractivity contribution in [3.8, 4) is 0 Å². The number of thioether (sulfide) groups is 1. The van der Waals surface area contributed by atoms with Crippen LogP contribution in [-0.2, 0) is 6.54 Å². The van der Waals surface area contributed by atoms with Crippen LogP contribution in [0.2, 0.25) is 5.02 Å². The highest BCUT2D eigenvalue weighted by Gasteiger charge is 2.10. The second-order valence-corrected chi connectivity index (χ2v) is 8.42. The molecule has 0 atom stereocenters. The molecule has 3 nitrogen and oxygen atoms in total. The van der Waals surface area contributed by atoms with Gasteiger partial charge in [-0.1, -0.05) is 44.9 Å². The van der Waals surface area contributed by atoms with Crippen LogP contribution in [0.1, 0.15) is 10.4 Å². The molecule has 0 aliphatic rings. The number of carbonyl (C=O) groups excluding carboxylic acids is 1. The Labute approximate surface area is 161 Å². The molecule has 0 spiro atoms. The highest BCUT2D eigenvalue weighted by molar-refractivity contribution is 9.10. The van der Waals surface area contributed by atoms with E-state index >= 15 is 0 Å². The van der Waals surface area contributed by atoms with Gasteiger partial charge in [0.05, 0.1) is 10.2 Å². The first-order chi connectivity index (χ1) is 11.6. The van der Waals surface area contributed by atoms with Crippen molar-refractivity contribution >= 4 is 66.8 Å². The molecule has 1 amide bonds. The Balaban J connectivity index is 2.11. The fourth-order valence-corrected chi connectivity index (χ4v) is 4.40. The van der Waals surface area contributed by atoms with Crippen molar-refractivity contribution in [2.24, 2.45) is 4.99 Å². The lowest BCUT2D eigenvalue weighted by molar-refractivity contribution is 0.0998. The highest BCUT2D eigenvalue weighted by Crippen LogP contribution is 2.22. The predicted molar refractivity (Wildman–Crippen MR) is 107 cm³/mol. The summed E-state index contributed by atoms with van der Waals surface area (Å²) in [5.74, 6) is 0.707. The van der Waals surface area contributed by atoms with Gasteiger partial charge in [-0.25, -0.2) is 0 Å². The summed E-state index contributed by atoms with van der Waals surface area (Å²) in [6, 6.07) is 13.0. The summed E-state index contributed by atoms with van der Waals surface area (Å²) < 4.78 is 3.98. The minimum atomic E-state index is -0.244. The lowest BCUT2D eigenvalue weighted by Crippen LogP contribution is -2.18. The number of hydrogen-bond donors (Lipinski definition) is 0. The van der Waals surface area contributed by atoms with Crippen LogP contribution in [0.25, 0.3) is 10.2 Å². The van der Waals surface area contributed by atoms with Gasteiger partial charge in [-0.2, -0.15) is 16.8 Å². The lowest BCUT2D eigenvalue weighted by atomic mass is 10.2. The van der Waals surface area contributed by atoms with Crippen molar-refractivity contribution in [3.63, 3.8) is 0 Å². The van der Waals surface area contributed by atoms with E-state index in [4.69, 9.17) is 11.6 Å². The molecule has 3 rings (SSSR count). The largest absolute Gasteiger partial charge is 0.316 e. The third-order valence-corrected chi connectivity index (χ3v) is 5.79. The van der Waals surface area contributed by atoms with E-state index in [-0.39, 0.29) is 5.91 Å². The number of thiazole rings is 1. The monoisotopic (exact) mass is 440 g/mol. The van der Waals surface area contributed by atoms with Gasteiger partial charge >= 0.3 is 0 Å². The molecule has 0 aliphatic carbocycles. The van der Waals surface area contributed by atoms with Crippen LogP contribution in [0.3, 0.4) is 0 Å². The molecule has 0 radical (unpaired) electrons. The number of fused-ring (bicyclic) bond motifs is 1. The number of nitrogens with zero attached hydrogens (tertiary/aromatic N) is 2. The van der Waals surface area contributed by atoms with E-state index in [2.05, 4.69) is 31.7 Å². The summed E-state index contributed by atoms with van der Waals surface area (Å²) in [5.41, 5.74) is 1.62. The van der Waals surface area contributed by atoms with Crippen molar-refractivity contribution < 1.29 is 4.79 Å². The fourth-order valence-electron chi connectivity index (χ4n) is 2.30. The average Bonchev–Trinajstić information content (AvgIpc) is 2.89. The maximum Gasteiger partial charge on any atom is 0.279 e. The molecule has 3 aromatic rings. The maximum absolute atomic E-state index is 12.5. The van der Waals surface area contributed by atoms with Crippen LogP contribution < -0.4 is 4.80 Å². The third kappa shape index (κ3) is 3.94. The zero-order valence-corrected chi connectivity index (χ0v) is 16.8. The number of aromatic nitrogens is 1. The van der Waals surface area contributed by atoms with Gasteiger partial charge in [0.25, 0.3) is 5.91 Å². The Bertz CT molecular complexity index is 965. The Hall–Kier alpha value is -1.08. The topological polar surface area (TPSA) is 34.4 Å². The van der Waals surface area contributed by atoms with Crippen molar-refractivity contribution in [3.05, 3.63) is 62.3 Å². The van der Waals surface area contributed by atoms with Gasteiger partial charge in [-0.3, -0.25) is 4.79 Å². The molecular formula is C17H14BrClN2OS2. The maximum atomic E-state index is 12.5. The van der Waals surface area contributed by atoms with Crippen LogP contribution in [-0.4, -0.2) is 22.5 Å². The van der Waals surface area contributed by atoms with Crippen LogP contribution >= 0.6 is 50.6 Å². The molecule has 1 heterocycles. The number of amides is 1. The minimum Gasteiger partial charge on any atom is -0.316 e. The van der Waals surface area contributed by atoms with Crippen LogP contribution in [0.4, 0.5) is 0 Å². The predicted octanol–water partition coefficient (Wildman–Crippen LogP) is 5.22. The number of aryl methyl sites for hydroxylation is 1. The van der Waals surface area contributed by atoms with E-state index in [1.54, 1.807) is 23.9 Å². The highest BCUT2D eigenvalue weighted by atomic mass is 79.9. The molecule has 0 unspecified atom stereocenters. The molecule has 0 fully saturated rings. The summed E-state index contributed by atoms with van der Waals surface area (Å²) in [6.07, 6.45) is 2.06. The summed E-state index contributed by atoms with van der Waals surface area (Å²) >= 11 is 12.7. The zero-order valence-electron chi connectivity index (χ0n) is 12.8. The molecule has 124 valence electrons. The second kappa shape index (κ2) is 7.87. The van der Waals surface area contributed by atoms with Crippen molar-refractivity contribution in [1.82, 2.24) is 4.57 Å². The van der Waals surface area contributed by atoms with E-state index in [1.807, 2.05) is 30.3 Å². The summed E-state index contributed by atoms with van der Waals surface area (Å²) in [7, 11) is 0. The smallest absolute Gasteiger partial charge is 0.279 e. The minimum absolute atomic E-state index is 0.244. The van der Waals surface area contributed by atoms with E-state index < -0.39 is 0 Å². The van der Waals surface area contributed by atoms with Crippen LogP contribution in [0.5, 0.6) is 0 Å². The first kappa shape index (κ1) is 17.7. The van der Waals surface area contributed by atoms with Gasteiger partial charge in [0, 0.05) is 27.4 Å². The SMILES string of the molecule is CSCCn1c(=NC(=O)c2cccc(Br)c2)sc2cc(Cl)ccc21. The van der Waals surface area contributed by atoms with E-state index in [0.717, 1.165) is 27.0 Å². The average molecular weight is 442 g/mol. The molecule has 7 heteroatoms. The van der Waals surface area contributed by atoms with Crippen molar-refractivity contribution in [2.75, 3.05) is 12.0 Å². The molecular weight excluding hydrogens is 428 g/mol. The van der Waals surface area contributed by atoms with Gasteiger partial charge < -0.3 is 4.57 Å². The molecule has 2 aromatic carbocycles. The molecule has 0 N–H and O–H groups in total. The Morgan fingerprint density at radius 2 is 2.17 bits per heavy atom. The lowest BCUT2D eigenvalue weighted by Gasteiger charge is -2.03. The molecule has 1 aromatic heterocycles. The van der Waals surface area contributed by atoms with Gasteiger partial charge in [0.15, 0.2) is 4.80 Å². The van der Waals surface area contributed by atoms with Crippen LogP contribution in [0.15, 0.2) is 51.9 Å². The number of halogens is 2.